The van der Waals surface area contributed by atoms with Gasteiger partial charge >= 0.3 is 0 Å². The van der Waals surface area contributed by atoms with Crippen molar-refractivity contribution in [1.29, 1.82) is 0 Å². The van der Waals surface area contributed by atoms with E-state index in [1.165, 1.54) is 13.3 Å². The molecule has 0 bridgehead atoms. The topological polar surface area (TPSA) is 104 Å². The number of methoxy groups -OCH3 is 2. The average molecular weight is 736 g/mol. The van der Waals surface area contributed by atoms with Crippen LogP contribution in [0.3, 0.4) is 0 Å². The first-order valence-corrected chi connectivity index (χ1v) is 18.5. The molecule has 5 aliphatic rings. The van der Waals surface area contributed by atoms with E-state index in [-0.39, 0.29) is 56.6 Å². The van der Waals surface area contributed by atoms with E-state index in [1.54, 1.807) is 57.4 Å². The van der Waals surface area contributed by atoms with Crippen molar-refractivity contribution in [3.05, 3.63) is 77.1 Å². The zero-order valence-corrected chi connectivity index (χ0v) is 31.0. The van der Waals surface area contributed by atoms with Gasteiger partial charge in [0.05, 0.1) is 31.8 Å². The van der Waals surface area contributed by atoms with E-state index < -0.39 is 11.6 Å². The minimum absolute atomic E-state index is 0.0990. The van der Waals surface area contributed by atoms with Crippen molar-refractivity contribution in [2.45, 2.75) is 39.3 Å². The van der Waals surface area contributed by atoms with Gasteiger partial charge in [-0.1, -0.05) is 24.3 Å². The Hall–Kier alpha value is -5.01. The SMILES string of the molecule is COc1nc(-c2cccc(-c3cccc(-c4cc5c(c(OC)n4)[C@@H](N4CC6(CN(C(C)=O)C6)C4)CC5)c3F)c2F)cnc1CN1CC2(C1)CN(C(C)=O)C2. The van der Waals surface area contributed by atoms with E-state index in [9.17, 15) is 9.59 Å². The summed E-state index contributed by atoms with van der Waals surface area (Å²) in [6, 6.07) is 11.9. The molecule has 4 aliphatic heterocycles. The molecule has 2 aromatic carbocycles. The van der Waals surface area contributed by atoms with Crippen LogP contribution in [0.5, 0.6) is 11.8 Å². The third-order valence-corrected chi connectivity index (χ3v) is 12.2. The normalized spacial score (nSPS) is 20.9. The maximum Gasteiger partial charge on any atom is 0.237 e. The van der Waals surface area contributed by atoms with Crippen LogP contribution < -0.4 is 9.47 Å². The van der Waals surface area contributed by atoms with Gasteiger partial charge in [-0.25, -0.2) is 18.7 Å². The molecule has 11 nitrogen and oxygen atoms in total. The number of likely N-dealkylation sites (tertiary alicyclic amines) is 4. The molecule has 1 aliphatic carbocycles. The second-order valence-electron chi connectivity index (χ2n) is 16.0. The van der Waals surface area contributed by atoms with E-state index in [0.717, 1.165) is 76.3 Å². The first-order valence-electron chi connectivity index (χ1n) is 18.5. The van der Waals surface area contributed by atoms with Gasteiger partial charge in [-0.05, 0) is 36.6 Å². The molecule has 0 N–H and O–H groups in total. The minimum atomic E-state index is -0.616. The molecule has 2 aromatic heterocycles. The number of benzene rings is 2. The Kier molecular flexibility index (Phi) is 8.23. The number of amides is 2. The van der Waals surface area contributed by atoms with Crippen LogP contribution in [0.15, 0.2) is 48.7 Å². The van der Waals surface area contributed by atoms with Gasteiger partial charge < -0.3 is 19.3 Å². The summed E-state index contributed by atoms with van der Waals surface area (Å²) in [7, 11) is 3.11. The molecular weight excluding hydrogens is 692 g/mol. The number of rotatable bonds is 8. The third kappa shape index (κ3) is 5.62. The van der Waals surface area contributed by atoms with Gasteiger partial charge in [0.2, 0.25) is 23.6 Å². The van der Waals surface area contributed by atoms with Crippen molar-refractivity contribution in [2.24, 2.45) is 10.8 Å². The van der Waals surface area contributed by atoms with Crippen molar-refractivity contribution in [1.82, 2.24) is 34.6 Å². The van der Waals surface area contributed by atoms with Crippen LogP contribution in [0.25, 0.3) is 33.6 Å². The largest absolute Gasteiger partial charge is 0.481 e. The van der Waals surface area contributed by atoms with Gasteiger partial charge in [0.1, 0.15) is 17.3 Å². The molecule has 4 aromatic rings. The van der Waals surface area contributed by atoms with Crippen LogP contribution >= 0.6 is 0 Å². The van der Waals surface area contributed by atoms with Gasteiger partial charge in [-0.15, -0.1) is 0 Å². The number of nitrogens with zero attached hydrogens (tertiary/aromatic N) is 7. The van der Waals surface area contributed by atoms with Gasteiger partial charge in [0.25, 0.3) is 0 Å². The van der Waals surface area contributed by atoms with Crippen LogP contribution in [-0.2, 0) is 22.6 Å². The number of aryl methyl sites for hydroxylation is 1. The number of halogens is 2. The molecule has 2 amide bonds. The van der Waals surface area contributed by atoms with E-state index in [0.29, 0.717) is 29.7 Å². The van der Waals surface area contributed by atoms with Crippen molar-refractivity contribution < 1.29 is 27.8 Å². The lowest BCUT2D eigenvalue weighted by Gasteiger charge is -2.61. The molecule has 2 spiro atoms. The van der Waals surface area contributed by atoms with Gasteiger partial charge in [-0.3, -0.25) is 24.4 Å². The quantitative estimate of drug-likeness (QED) is 0.248. The Balaban J connectivity index is 0.943. The smallest absolute Gasteiger partial charge is 0.237 e. The molecule has 0 saturated carbocycles. The Morgan fingerprint density at radius 1 is 0.759 bits per heavy atom. The number of pyridine rings is 1. The first kappa shape index (κ1) is 34.7. The lowest BCUT2D eigenvalue weighted by molar-refractivity contribution is -0.161. The molecule has 4 saturated heterocycles. The summed E-state index contributed by atoms with van der Waals surface area (Å²) in [4.78, 5) is 45.9. The molecule has 1 atom stereocenters. The highest BCUT2D eigenvalue weighted by molar-refractivity contribution is 5.78. The molecule has 9 rings (SSSR count). The highest BCUT2D eigenvalue weighted by Gasteiger charge is 2.55. The number of fused-ring (bicyclic) bond motifs is 1. The maximum absolute atomic E-state index is 16.6. The Morgan fingerprint density at radius 2 is 1.30 bits per heavy atom. The predicted octanol–water partition coefficient (Wildman–Crippen LogP) is 4.98. The van der Waals surface area contributed by atoms with E-state index in [2.05, 4.69) is 19.8 Å². The zero-order chi connectivity index (χ0) is 37.5. The molecule has 0 unspecified atom stereocenters. The van der Waals surface area contributed by atoms with Crippen molar-refractivity contribution in [3.8, 4) is 45.4 Å². The number of hydrogen-bond acceptors (Lipinski definition) is 9. The summed E-state index contributed by atoms with van der Waals surface area (Å²) in [5, 5.41) is 0. The Bertz CT molecular complexity index is 2190. The number of carbonyl (C=O) groups is 2. The fourth-order valence-electron chi connectivity index (χ4n) is 9.55. The first-order chi connectivity index (χ1) is 26.0. The maximum atomic E-state index is 16.6. The number of ether oxygens (including phenoxy) is 2. The Morgan fingerprint density at radius 3 is 1.87 bits per heavy atom. The van der Waals surface area contributed by atoms with Gasteiger partial charge in [0.15, 0.2) is 0 Å². The van der Waals surface area contributed by atoms with Crippen LogP contribution in [0, 0.1) is 22.5 Å². The van der Waals surface area contributed by atoms with Crippen LogP contribution in [-0.4, -0.2) is 113 Å². The van der Waals surface area contributed by atoms with Crippen LogP contribution in [0.1, 0.15) is 43.1 Å². The number of hydrogen-bond donors (Lipinski definition) is 0. The highest BCUT2D eigenvalue weighted by atomic mass is 19.1. The number of carbonyl (C=O) groups excluding carboxylic acids is 2. The molecule has 54 heavy (non-hydrogen) atoms. The summed E-state index contributed by atoms with van der Waals surface area (Å²) in [6.07, 6.45) is 3.26. The van der Waals surface area contributed by atoms with Crippen molar-refractivity contribution in [2.75, 3.05) is 66.6 Å². The lowest BCUT2D eigenvalue weighted by Crippen LogP contribution is -2.72. The molecule has 280 valence electrons. The second-order valence-corrected chi connectivity index (χ2v) is 16.0. The van der Waals surface area contributed by atoms with E-state index >= 15 is 8.78 Å². The standard InChI is InChI=1S/C41H43F2N7O4/c1-24(51)48-18-40(19-48)16-47(17-40)15-33-38(53-3)46-32(14-44-33)30-10-6-8-28(37(30)43)27-7-5-9-29(36(27)42)31-13-26-11-12-34(35(26)39(45-31)54-4)50-22-41(23-50)20-49(21-41)25(2)52/h5-10,13-14,34H,11-12,15-23H2,1-4H3/t34-/m0/s1. The van der Waals surface area contributed by atoms with Crippen LogP contribution in [0.2, 0.25) is 0 Å². The summed E-state index contributed by atoms with van der Waals surface area (Å²) < 4.78 is 44.4. The predicted molar refractivity (Wildman–Crippen MR) is 196 cm³/mol. The van der Waals surface area contributed by atoms with Crippen molar-refractivity contribution >= 4 is 11.8 Å². The van der Waals surface area contributed by atoms with E-state index in [1.807, 2.05) is 15.9 Å². The summed E-state index contributed by atoms with van der Waals surface area (Å²) in [6.45, 7) is 10.5. The van der Waals surface area contributed by atoms with E-state index in [4.69, 9.17) is 14.5 Å². The minimum Gasteiger partial charge on any atom is -0.481 e. The van der Waals surface area contributed by atoms with Crippen LogP contribution in [0.4, 0.5) is 8.78 Å². The highest BCUT2D eigenvalue weighted by Crippen LogP contribution is 2.50. The zero-order valence-electron chi connectivity index (χ0n) is 31.0. The average Bonchev–Trinajstić information content (AvgIpc) is 3.51. The van der Waals surface area contributed by atoms with Gasteiger partial charge in [-0.2, -0.15) is 0 Å². The molecule has 6 heterocycles. The number of aromatic nitrogens is 3. The summed E-state index contributed by atoms with van der Waals surface area (Å²) in [5.41, 5.74) is 4.48. The molecule has 13 heteroatoms. The third-order valence-electron chi connectivity index (χ3n) is 12.2. The molecule has 0 radical (unpaired) electrons. The van der Waals surface area contributed by atoms with Gasteiger partial charge in [0, 0.05) is 117 Å². The molecular formula is C41H43F2N7O4. The molecule has 4 fully saturated rings. The fraction of sp³-hybridized carbons (Fsp3) is 0.439. The fourth-order valence-corrected chi connectivity index (χ4v) is 9.55. The lowest BCUT2D eigenvalue weighted by atomic mass is 9.72. The summed E-state index contributed by atoms with van der Waals surface area (Å²) in [5.74, 6) is -0.173. The second kappa shape index (κ2) is 12.8. The summed E-state index contributed by atoms with van der Waals surface area (Å²) >= 11 is 0. The Labute approximate surface area is 312 Å². The van der Waals surface area contributed by atoms with Crippen molar-refractivity contribution in [3.63, 3.8) is 0 Å². The monoisotopic (exact) mass is 735 g/mol.